The Morgan fingerprint density at radius 1 is 1.17 bits per heavy atom. The largest absolute Gasteiger partial charge is 0.484 e. The van der Waals surface area contributed by atoms with E-state index in [4.69, 9.17) is 20.8 Å². The molecule has 24 heavy (non-hydrogen) atoms. The number of hydrogen-bond donors (Lipinski definition) is 1. The molecule has 0 radical (unpaired) electrons. The van der Waals surface area contributed by atoms with Gasteiger partial charge in [0.05, 0.1) is 10.7 Å². The third kappa shape index (κ3) is 3.96. The Bertz CT molecular complexity index is 970. The second kappa shape index (κ2) is 7.07. The van der Waals surface area contributed by atoms with Crippen molar-refractivity contribution in [2.75, 3.05) is 11.9 Å². The number of nitrogens with one attached hydrogen (secondary N) is 1. The van der Waals surface area contributed by atoms with Gasteiger partial charge in [0.25, 0.3) is 5.91 Å². The maximum absolute atomic E-state index is 12.0. The summed E-state index contributed by atoms with van der Waals surface area (Å²) >= 11 is 9.34. The summed E-state index contributed by atoms with van der Waals surface area (Å²) in [5, 5.41) is 3.86. The molecule has 0 unspecified atom stereocenters. The van der Waals surface area contributed by atoms with Crippen LogP contribution >= 0.6 is 27.5 Å². The number of benzene rings is 2. The Kier molecular flexibility index (Phi) is 4.87. The van der Waals surface area contributed by atoms with Crippen LogP contribution in [0.3, 0.4) is 0 Å². The Morgan fingerprint density at radius 2 is 1.96 bits per heavy atom. The molecule has 0 bridgehead atoms. The van der Waals surface area contributed by atoms with Crippen molar-refractivity contribution in [3.05, 3.63) is 68.4 Å². The summed E-state index contributed by atoms with van der Waals surface area (Å²) in [5.74, 6) is 0.0720. The third-order valence-corrected chi connectivity index (χ3v) is 3.98. The molecule has 0 fully saturated rings. The summed E-state index contributed by atoms with van der Waals surface area (Å²) in [6, 6.07) is 13.2. The highest BCUT2D eigenvalue weighted by atomic mass is 79.9. The topological polar surface area (TPSA) is 68.5 Å². The first-order valence-electron chi connectivity index (χ1n) is 6.93. The highest BCUT2D eigenvalue weighted by Gasteiger charge is 2.08. The maximum Gasteiger partial charge on any atom is 0.336 e. The molecular formula is C17H11BrClNO4. The van der Waals surface area contributed by atoms with Crippen LogP contribution in [0.1, 0.15) is 0 Å². The first-order chi connectivity index (χ1) is 11.5. The van der Waals surface area contributed by atoms with Crippen LogP contribution in [0.2, 0.25) is 5.02 Å². The molecule has 0 saturated heterocycles. The first-order valence-corrected chi connectivity index (χ1v) is 8.10. The van der Waals surface area contributed by atoms with Gasteiger partial charge in [0.1, 0.15) is 11.3 Å². The van der Waals surface area contributed by atoms with Crippen molar-refractivity contribution in [1.82, 2.24) is 0 Å². The van der Waals surface area contributed by atoms with E-state index < -0.39 is 5.63 Å². The van der Waals surface area contributed by atoms with E-state index in [2.05, 4.69) is 21.2 Å². The molecule has 5 nitrogen and oxygen atoms in total. The van der Waals surface area contributed by atoms with Gasteiger partial charge in [0.15, 0.2) is 6.61 Å². The second-order valence-electron chi connectivity index (χ2n) is 4.92. The SMILES string of the molecule is O=C(COc1ccc2ccc(=O)oc2c1)Nc1ccc(Br)cc1Cl. The van der Waals surface area contributed by atoms with Gasteiger partial charge >= 0.3 is 5.63 Å². The van der Waals surface area contributed by atoms with E-state index in [1.807, 2.05) is 0 Å². The molecule has 3 aromatic rings. The average Bonchev–Trinajstić information content (AvgIpc) is 2.55. The number of hydrogen-bond acceptors (Lipinski definition) is 4. The Balaban J connectivity index is 1.66. The van der Waals surface area contributed by atoms with E-state index in [-0.39, 0.29) is 12.5 Å². The Morgan fingerprint density at radius 3 is 2.75 bits per heavy atom. The lowest BCUT2D eigenvalue weighted by molar-refractivity contribution is -0.118. The number of ether oxygens (including phenoxy) is 1. The molecule has 0 saturated carbocycles. The van der Waals surface area contributed by atoms with Gasteiger partial charge in [-0.2, -0.15) is 0 Å². The fourth-order valence-electron chi connectivity index (χ4n) is 2.06. The van der Waals surface area contributed by atoms with Crippen LogP contribution in [0.25, 0.3) is 11.0 Å². The predicted octanol–water partition coefficient (Wildman–Crippen LogP) is 4.23. The molecule has 1 amide bonds. The van der Waals surface area contributed by atoms with E-state index in [1.165, 1.54) is 6.07 Å². The van der Waals surface area contributed by atoms with E-state index in [9.17, 15) is 9.59 Å². The summed E-state index contributed by atoms with van der Waals surface area (Å²) in [4.78, 5) is 23.2. The van der Waals surface area contributed by atoms with Crippen LogP contribution in [-0.2, 0) is 4.79 Å². The van der Waals surface area contributed by atoms with Gasteiger partial charge in [-0.1, -0.05) is 27.5 Å². The number of carbonyl (C=O) groups excluding carboxylic acids is 1. The molecule has 0 spiro atoms. The van der Waals surface area contributed by atoms with Crippen LogP contribution in [0, 0.1) is 0 Å². The molecule has 1 aromatic heterocycles. The minimum atomic E-state index is -0.442. The molecular weight excluding hydrogens is 398 g/mol. The van der Waals surface area contributed by atoms with Crippen molar-refractivity contribution >= 4 is 50.1 Å². The first kappa shape index (κ1) is 16.5. The van der Waals surface area contributed by atoms with Crippen LogP contribution < -0.4 is 15.7 Å². The molecule has 0 aliphatic carbocycles. The fourth-order valence-corrected chi connectivity index (χ4v) is 2.78. The summed E-state index contributed by atoms with van der Waals surface area (Å²) in [7, 11) is 0. The van der Waals surface area contributed by atoms with Crippen LogP contribution in [0.4, 0.5) is 5.69 Å². The van der Waals surface area contributed by atoms with E-state index in [0.29, 0.717) is 22.0 Å². The lowest BCUT2D eigenvalue weighted by atomic mass is 10.2. The van der Waals surface area contributed by atoms with Crippen molar-refractivity contribution in [2.45, 2.75) is 0 Å². The zero-order valence-electron chi connectivity index (χ0n) is 12.2. The third-order valence-electron chi connectivity index (χ3n) is 3.17. The van der Waals surface area contributed by atoms with E-state index in [1.54, 1.807) is 42.5 Å². The van der Waals surface area contributed by atoms with Gasteiger partial charge < -0.3 is 14.5 Å². The smallest absolute Gasteiger partial charge is 0.336 e. The number of anilines is 1. The summed E-state index contributed by atoms with van der Waals surface area (Å²) < 4.78 is 11.3. The quantitative estimate of drug-likeness (QED) is 0.656. The molecule has 3 rings (SSSR count). The lowest BCUT2D eigenvalue weighted by Crippen LogP contribution is -2.20. The summed E-state index contributed by atoms with van der Waals surface area (Å²) in [6.45, 7) is -0.199. The molecule has 7 heteroatoms. The highest BCUT2D eigenvalue weighted by Crippen LogP contribution is 2.25. The molecule has 0 aliphatic heterocycles. The van der Waals surface area contributed by atoms with Crippen LogP contribution in [0.15, 0.2) is 62.2 Å². The fraction of sp³-hybridized carbons (Fsp3) is 0.0588. The second-order valence-corrected chi connectivity index (χ2v) is 6.24. The molecule has 122 valence electrons. The molecule has 1 heterocycles. The minimum Gasteiger partial charge on any atom is -0.484 e. The van der Waals surface area contributed by atoms with Gasteiger partial charge in [0, 0.05) is 22.0 Å². The van der Waals surface area contributed by atoms with Crippen LogP contribution in [-0.4, -0.2) is 12.5 Å². The normalized spacial score (nSPS) is 10.6. The average molecular weight is 409 g/mol. The number of rotatable bonds is 4. The molecule has 2 aromatic carbocycles. The molecule has 0 aliphatic rings. The maximum atomic E-state index is 12.0. The standard InChI is InChI=1S/C17H11BrClNO4/c18-11-3-5-14(13(19)7-11)20-16(21)9-23-12-4-1-10-2-6-17(22)24-15(10)8-12/h1-8H,9H2,(H,20,21). The van der Waals surface area contributed by atoms with Crippen molar-refractivity contribution in [3.8, 4) is 5.75 Å². The number of amides is 1. The van der Waals surface area contributed by atoms with Crippen LogP contribution in [0.5, 0.6) is 5.75 Å². The van der Waals surface area contributed by atoms with Gasteiger partial charge in [-0.3, -0.25) is 4.79 Å². The van der Waals surface area contributed by atoms with Gasteiger partial charge in [-0.05, 0) is 36.4 Å². The predicted molar refractivity (Wildman–Crippen MR) is 95.8 cm³/mol. The van der Waals surface area contributed by atoms with Crippen molar-refractivity contribution in [1.29, 1.82) is 0 Å². The zero-order valence-corrected chi connectivity index (χ0v) is 14.6. The Hall–Kier alpha value is -2.31. The van der Waals surface area contributed by atoms with Crippen molar-refractivity contribution in [3.63, 3.8) is 0 Å². The monoisotopic (exact) mass is 407 g/mol. The summed E-state index contributed by atoms with van der Waals surface area (Å²) in [6.07, 6.45) is 0. The number of carbonyl (C=O) groups is 1. The molecule has 0 atom stereocenters. The van der Waals surface area contributed by atoms with Gasteiger partial charge in [-0.25, -0.2) is 4.79 Å². The summed E-state index contributed by atoms with van der Waals surface area (Å²) in [5.41, 5.74) is 0.455. The molecule has 1 N–H and O–H groups in total. The van der Waals surface area contributed by atoms with Crippen molar-refractivity contribution in [2.24, 2.45) is 0 Å². The van der Waals surface area contributed by atoms with Gasteiger partial charge in [0.2, 0.25) is 0 Å². The van der Waals surface area contributed by atoms with E-state index >= 15 is 0 Å². The highest BCUT2D eigenvalue weighted by molar-refractivity contribution is 9.10. The van der Waals surface area contributed by atoms with E-state index in [0.717, 1.165) is 9.86 Å². The van der Waals surface area contributed by atoms with Gasteiger partial charge in [-0.15, -0.1) is 0 Å². The number of fused-ring (bicyclic) bond motifs is 1. The number of halogens is 2. The zero-order chi connectivity index (χ0) is 17.1. The minimum absolute atomic E-state index is 0.199. The van der Waals surface area contributed by atoms with Crippen molar-refractivity contribution < 1.29 is 13.9 Å². The lowest BCUT2D eigenvalue weighted by Gasteiger charge is -2.09. The Labute approximate surface area is 150 Å².